The highest BCUT2D eigenvalue weighted by atomic mass is 32.2. The second kappa shape index (κ2) is 8.30. The van der Waals surface area contributed by atoms with Crippen LogP contribution in [0.1, 0.15) is 12.8 Å². The Balaban J connectivity index is 1.53. The molecule has 1 unspecified atom stereocenters. The van der Waals surface area contributed by atoms with Crippen LogP contribution in [-0.4, -0.2) is 60.8 Å². The first-order valence-corrected chi connectivity index (χ1v) is 8.82. The number of rotatable bonds is 5. The van der Waals surface area contributed by atoms with Gasteiger partial charge in [-0.1, -0.05) is 0 Å². The maximum atomic E-state index is 11.7. The quantitative estimate of drug-likeness (QED) is 0.781. The van der Waals surface area contributed by atoms with E-state index in [9.17, 15) is 4.79 Å². The highest BCUT2D eigenvalue weighted by Crippen LogP contribution is 2.23. The Morgan fingerprint density at radius 2 is 2.11 bits per heavy atom. The van der Waals surface area contributed by atoms with E-state index in [0.29, 0.717) is 17.8 Å². The summed E-state index contributed by atoms with van der Waals surface area (Å²) in [6.45, 7) is 2.93. The lowest BCUT2D eigenvalue weighted by molar-refractivity contribution is -0.121. The van der Waals surface area contributed by atoms with E-state index in [2.05, 4.69) is 10.6 Å². The van der Waals surface area contributed by atoms with Gasteiger partial charge in [0, 0.05) is 48.3 Å². The van der Waals surface area contributed by atoms with Crippen LogP contribution in [0.2, 0.25) is 0 Å². The molecule has 2 heterocycles. The van der Waals surface area contributed by atoms with Crippen LogP contribution in [-0.2, 0) is 9.53 Å². The fourth-order valence-corrected chi connectivity index (χ4v) is 4.77. The third-order valence-corrected chi connectivity index (χ3v) is 5.97. The highest BCUT2D eigenvalue weighted by molar-refractivity contribution is 8.06. The van der Waals surface area contributed by atoms with Gasteiger partial charge in [0.25, 0.3) is 0 Å². The lowest BCUT2D eigenvalue weighted by Gasteiger charge is -2.24. The number of carbonyl (C=O) groups is 1. The van der Waals surface area contributed by atoms with E-state index in [1.165, 1.54) is 17.3 Å². The van der Waals surface area contributed by atoms with Crippen LogP contribution < -0.4 is 10.6 Å². The van der Waals surface area contributed by atoms with Gasteiger partial charge in [0.2, 0.25) is 5.91 Å². The largest absolute Gasteiger partial charge is 0.381 e. The standard InChI is InChI=1S/C12H22N2O2S2/c15-12(14-10-1-3-16-4-2-10)8-13-7-11-9-17-5-6-18-11/h10-11,13H,1-9H2,(H,14,15). The van der Waals surface area contributed by atoms with Crippen LogP contribution in [0.25, 0.3) is 0 Å². The highest BCUT2D eigenvalue weighted by Gasteiger charge is 2.17. The maximum absolute atomic E-state index is 11.7. The van der Waals surface area contributed by atoms with Crippen molar-refractivity contribution in [3.8, 4) is 0 Å². The monoisotopic (exact) mass is 290 g/mol. The molecule has 0 radical (unpaired) electrons. The Morgan fingerprint density at radius 3 is 2.83 bits per heavy atom. The fourth-order valence-electron chi connectivity index (χ4n) is 2.12. The molecule has 2 aliphatic rings. The molecule has 18 heavy (non-hydrogen) atoms. The van der Waals surface area contributed by atoms with Crippen molar-refractivity contribution in [2.75, 3.05) is 43.6 Å². The van der Waals surface area contributed by atoms with E-state index in [1.807, 2.05) is 23.5 Å². The van der Waals surface area contributed by atoms with Gasteiger partial charge in [-0.05, 0) is 12.8 Å². The van der Waals surface area contributed by atoms with Gasteiger partial charge in [0.1, 0.15) is 0 Å². The van der Waals surface area contributed by atoms with Crippen molar-refractivity contribution in [3.63, 3.8) is 0 Å². The van der Waals surface area contributed by atoms with Crippen molar-refractivity contribution in [1.29, 1.82) is 0 Å². The van der Waals surface area contributed by atoms with Crippen molar-refractivity contribution in [2.45, 2.75) is 24.1 Å². The molecule has 0 saturated carbocycles. The lowest BCUT2D eigenvalue weighted by Crippen LogP contribution is -2.44. The molecule has 0 aromatic carbocycles. The fraction of sp³-hybridized carbons (Fsp3) is 0.917. The molecule has 0 aromatic rings. The number of carbonyl (C=O) groups excluding carboxylic acids is 1. The lowest BCUT2D eigenvalue weighted by atomic mass is 10.1. The summed E-state index contributed by atoms with van der Waals surface area (Å²) in [5.74, 6) is 3.84. The number of ether oxygens (including phenoxy) is 1. The second-order valence-electron chi connectivity index (χ2n) is 4.65. The molecular weight excluding hydrogens is 268 g/mol. The number of nitrogens with one attached hydrogen (secondary N) is 2. The molecule has 2 rings (SSSR count). The first-order valence-electron chi connectivity index (χ1n) is 6.62. The smallest absolute Gasteiger partial charge is 0.234 e. The Labute approximate surface area is 117 Å². The van der Waals surface area contributed by atoms with Crippen molar-refractivity contribution in [1.82, 2.24) is 10.6 Å². The summed E-state index contributed by atoms with van der Waals surface area (Å²) in [6, 6.07) is 0.313. The van der Waals surface area contributed by atoms with Gasteiger partial charge in [-0.3, -0.25) is 4.79 Å². The van der Waals surface area contributed by atoms with Gasteiger partial charge in [-0.15, -0.1) is 0 Å². The molecule has 4 nitrogen and oxygen atoms in total. The van der Waals surface area contributed by atoms with Crippen LogP contribution in [0.15, 0.2) is 0 Å². The van der Waals surface area contributed by atoms with Crippen LogP contribution in [0, 0.1) is 0 Å². The molecule has 0 spiro atoms. The van der Waals surface area contributed by atoms with Gasteiger partial charge >= 0.3 is 0 Å². The first-order chi connectivity index (χ1) is 8.84. The summed E-state index contributed by atoms with van der Waals surface area (Å²) in [5.41, 5.74) is 0. The summed E-state index contributed by atoms with van der Waals surface area (Å²) in [4.78, 5) is 11.7. The summed E-state index contributed by atoms with van der Waals surface area (Å²) in [7, 11) is 0. The van der Waals surface area contributed by atoms with Crippen LogP contribution in [0.4, 0.5) is 0 Å². The Bertz CT molecular complexity index is 254. The van der Waals surface area contributed by atoms with E-state index in [-0.39, 0.29) is 5.91 Å². The van der Waals surface area contributed by atoms with Crippen molar-refractivity contribution in [3.05, 3.63) is 0 Å². The number of hydrogen-bond donors (Lipinski definition) is 2. The molecule has 0 aromatic heterocycles. The molecule has 2 N–H and O–H groups in total. The predicted molar refractivity (Wildman–Crippen MR) is 78.4 cm³/mol. The minimum Gasteiger partial charge on any atom is -0.381 e. The molecule has 104 valence electrons. The van der Waals surface area contributed by atoms with E-state index < -0.39 is 0 Å². The van der Waals surface area contributed by atoms with Crippen molar-refractivity contribution < 1.29 is 9.53 Å². The van der Waals surface area contributed by atoms with E-state index in [1.54, 1.807) is 0 Å². The molecule has 0 aliphatic carbocycles. The third-order valence-electron chi connectivity index (χ3n) is 3.13. The Hall–Kier alpha value is 0.0900. The molecule has 2 fully saturated rings. The average molecular weight is 290 g/mol. The minimum atomic E-state index is 0.121. The van der Waals surface area contributed by atoms with Crippen molar-refractivity contribution >= 4 is 29.4 Å². The summed E-state index contributed by atoms with van der Waals surface area (Å²) in [6.07, 6.45) is 1.89. The predicted octanol–water partition coefficient (Wildman–Crippen LogP) is 0.720. The summed E-state index contributed by atoms with van der Waals surface area (Å²) >= 11 is 4.03. The summed E-state index contributed by atoms with van der Waals surface area (Å²) < 4.78 is 5.27. The molecular formula is C12H22N2O2S2. The SMILES string of the molecule is O=C(CNCC1CSCCS1)NC1CCOCC1. The van der Waals surface area contributed by atoms with Crippen molar-refractivity contribution in [2.24, 2.45) is 0 Å². The molecule has 1 amide bonds. The molecule has 2 aliphatic heterocycles. The molecule has 1 atom stereocenters. The van der Waals surface area contributed by atoms with Crippen LogP contribution in [0.5, 0.6) is 0 Å². The van der Waals surface area contributed by atoms with Gasteiger partial charge in [0.15, 0.2) is 0 Å². The Kier molecular flexibility index (Phi) is 6.68. The zero-order valence-electron chi connectivity index (χ0n) is 10.7. The average Bonchev–Trinajstić information content (AvgIpc) is 2.41. The maximum Gasteiger partial charge on any atom is 0.234 e. The number of thioether (sulfide) groups is 2. The zero-order valence-corrected chi connectivity index (χ0v) is 12.3. The molecule has 2 saturated heterocycles. The summed E-state index contributed by atoms with van der Waals surface area (Å²) in [5, 5.41) is 7.00. The van der Waals surface area contributed by atoms with Gasteiger partial charge < -0.3 is 15.4 Å². The van der Waals surface area contributed by atoms with Crippen LogP contribution in [0.3, 0.4) is 0 Å². The molecule has 6 heteroatoms. The topological polar surface area (TPSA) is 50.4 Å². The van der Waals surface area contributed by atoms with E-state index in [0.717, 1.165) is 32.6 Å². The first kappa shape index (κ1) is 14.5. The number of amides is 1. The normalized spacial score (nSPS) is 25.9. The molecule has 0 bridgehead atoms. The van der Waals surface area contributed by atoms with E-state index in [4.69, 9.17) is 4.74 Å². The Morgan fingerprint density at radius 1 is 1.28 bits per heavy atom. The minimum absolute atomic E-state index is 0.121. The van der Waals surface area contributed by atoms with Gasteiger partial charge in [-0.2, -0.15) is 23.5 Å². The van der Waals surface area contributed by atoms with Gasteiger partial charge in [0.05, 0.1) is 6.54 Å². The van der Waals surface area contributed by atoms with Crippen LogP contribution >= 0.6 is 23.5 Å². The number of hydrogen-bond acceptors (Lipinski definition) is 5. The third kappa shape index (κ3) is 5.38. The second-order valence-corrected chi connectivity index (χ2v) is 7.21. The zero-order chi connectivity index (χ0) is 12.6. The van der Waals surface area contributed by atoms with E-state index >= 15 is 0 Å². The van der Waals surface area contributed by atoms with Gasteiger partial charge in [-0.25, -0.2) is 0 Å².